The first-order valence-electron chi connectivity index (χ1n) is 8.78. The van der Waals surface area contributed by atoms with Gasteiger partial charge in [-0.25, -0.2) is 15.0 Å². The number of aromatic nitrogens is 4. The molecule has 0 aliphatic carbocycles. The third-order valence-electron chi connectivity index (χ3n) is 4.84. The van der Waals surface area contributed by atoms with Gasteiger partial charge in [-0.05, 0) is 20.8 Å². The zero-order chi connectivity index (χ0) is 20.0. The number of carbonyl (C=O) groups excluding carboxylic acids is 1. The van der Waals surface area contributed by atoms with Gasteiger partial charge >= 0.3 is 0 Å². The van der Waals surface area contributed by atoms with Gasteiger partial charge in [0.25, 0.3) is 0 Å². The molecule has 3 atom stereocenters. The Labute approximate surface area is 159 Å². The molecule has 27 heavy (non-hydrogen) atoms. The van der Waals surface area contributed by atoms with E-state index < -0.39 is 38.1 Å². The Hall–Kier alpha value is -1.88. The first-order valence-corrected chi connectivity index (χ1v) is 11.3. The van der Waals surface area contributed by atoms with Crippen molar-refractivity contribution in [2.24, 2.45) is 0 Å². The Morgan fingerprint density at radius 3 is 2.70 bits per heavy atom. The fourth-order valence-electron chi connectivity index (χ4n) is 3.50. The average molecular weight is 393 g/mol. The van der Waals surface area contributed by atoms with Crippen LogP contribution in [0.3, 0.4) is 0 Å². The van der Waals surface area contributed by atoms with Crippen molar-refractivity contribution < 1.29 is 19.4 Å². The zero-order valence-electron chi connectivity index (χ0n) is 16.3. The van der Waals surface area contributed by atoms with Crippen molar-refractivity contribution in [1.29, 1.82) is 0 Å². The van der Waals surface area contributed by atoms with Crippen molar-refractivity contribution in [2.75, 3.05) is 12.3 Å². The van der Waals surface area contributed by atoms with Crippen molar-refractivity contribution in [3.63, 3.8) is 0 Å². The molecule has 0 bridgehead atoms. The summed E-state index contributed by atoms with van der Waals surface area (Å²) in [5, 5.41) is 9.17. The maximum Gasteiger partial charge on any atom is 0.174 e. The van der Waals surface area contributed by atoms with E-state index in [1.165, 1.54) is 6.33 Å². The minimum atomic E-state index is -1.45. The molecule has 1 radical (unpaired) electrons. The number of rotatable bonds is 5. The van der Waals surface area contributed by atoms with Crippen LogP contribution in [0.15, 0.2) is 12.7 Å². The molecule has 0 unspecified atom stereocenters. The quantitative estimate of drug-likeness (QED) is 0.567. The molecule has 0 amide bonds. The van der Waals surface area contributed by atoms with Crippen molar-refractivity contribution in [1.82, 2.24) is 19.5 Å². The molecule has 9 nitrogen and oxygen atoms in total. The van der Waals surface area contributed by atoms with Crippen molar-refractivity contribution in [2.45, 2.75) is 62.9 Å². The summed E-state index contributed by atoms with van der Waals surface area (Å²) in [6, 6.07) is 0. The molecule has 1 aliphatic rings. The summed E-state index contributed by atoms with van der Waals surface area (Å²) in [6.45, 7) is 9.40. The first-order chi connectivity index (χ1) is 12.6. The van der Waals surface area contributed by atoms with Crippen LogP contribution >= 0.6 is 0 Å². The highest BCUT2D eigenvalue weighted by molar-refractivity contribution is 6.58. The number of nitrogen functional groups attached to an aromatic ring is 1. The lowest BCUT2D eigenvalue weighted by Gasteiger charge is -2.35. The molecular weight excluding hydrogens is 366 g/mol. The number of hydrogen-bond acceptors (Lipinski definition) is 8. The summed E-state index contributed by atoms with van der Waals surface area (Å²) < 4.78 is 14.3. The molecular formula is C17H26N5O4Si. The maximum absolute atomic E-state index is 12.0. The topological polar surface area (TPSA) is 125 Å². The van der Waals surface area contributed by atoms with Gasteiger partial charge in [0.2, 0.25) is 0 Å². The van der Waals surface area contributed by atoms with Gasteiger partial charge in [0.15, 0.2) is 23.4 Å². The number of nitrogens with two attached hydrogens (primary N) is 1. The standard InChI is InChI=1S/C17H26N5O4Si/c1-15(2,3)25-11-6-17(27(4)5,26-16(11,7-23)8-24)22-10-21-12-13(18)19-9-20-14(12)22/h7,9-11,24H,6,8H2,1-5H3,(H2,18,19,20)/t11-,16+,17-/m0/s1. The Bertz CT molecular complexity index is 851. The van der Waals surface area contributed by atoms with Crippen LogP contribution in [-0.2, 0) is 19.6 Å². The van der Waals surface area contributed by atoms with Crippen molar-refractivity contribution in [3.8, 4) is 0 Å². The van der Waals surface area contributed by atoms with E-state index in [0.717, 1.165) is 0 Å². The smallest absolute Gasteiger partial charge is 0.174 e. The number of imidazole rings is 1. The van der Waals surface area contributed by atoms with Gasteiger partial charge in [0.1, 0.15) is 32.1 Å². The van der Waals surface area contributed by atoms with E-state index in [2.05, 4.69) is 28.0 Å². The van der Waals surface area contributed by atoms with Gasteiger partial charge in [-0.15, -0.1) is 0 Å². The number of ether oxygens (including phenoxy) is 2. The van der Waals surface area contributed by atoms with Gasteiger partial charge in [-0.1, -0.05) is 13.1 Å². The largest absolute Gasteiger partial charge is 0.393 e. The van der Waals surface area contributed by atoms with E-state index in [1.807, 2.05) is 25.3 Å². The number of hydrogen-bond donors (Lipinski definition) is 2. The van der Waals surface area contributed by atoms with E-state index in [0.29, 0.717) is 23.9 Å². The van der Waals surface area contributed by atoms with Crippen LogP contribution in [0.25, 0.3) is 11.2 Å². The number of aliphatic hydroxyl groups excluding tert-OH is 1. The van der Waals surface area contributed by atoms with Gasteiger partial charge in [-0.2, -0.15) is 0 Å². The minimum Gasteiger partial charge on any atom is -0.393 e. The highest BCUT2D eigenvalue weighted by Crippen LogP contribution is 2.46. The molecule has 3 N–H and O–H groups in total. The molecule has 3 rings (SSSR count). The Balaban J connectivity index is 2.17. The van der Waals surface area contributed by atoms with Crippen LogP contribution < -0.4 is 5.73 Å². The van der Waals surface area contributed by atoms with Crippen LogP contribution in [0.4, 0.5) is 5.82 Å². The third-order valence-corrected chi connectivity index (χ3v) is 6.95. The monoisotopic (exact) mass is 392 g/mol. The van der Waals surface area contributed by atoms with Crippen LogP contribution in [0.5, 0.6) is 0 Å². The van der Waals surface area contributed by atoms with Crippen LogP contribution in [-0.4, -0.2) is 63.6 Å². The SMILES string of the molecule is C[Si](C)[C@]1(n2cnc3c(N)ncnc32)C[C@H](OC(C)(C)C)[C@@](C=O)(CO)O1. The summed E-state index contributed by atoms with van der Waals surface area (Å²) in [7, 11) is -1.22. The lowest BCUT2D eigenvalue weighted by Crippen LogP contribution is -2.50. The molecule has 0 saturated carbocycles. The Morgan fingerprint density at radius 2 is 2.15 bits per heavy atom. The fraction of sp³-hybridized carbons (Fsp3) is 0.647. The molecule has 0 spiro atoms. The predicted molar refractivity (Wildman–Crippen MR) is 101 cm³/mol. The molecule has 10 heteroatoms. The second-order valence-electron chi connectivity index (χ2n) is 8.09. The van der Waals surface area contributed by atoms with Crippen molar-refractivity contribution in [3.05, 3.63) is 12.7 Å². The first kappa shape index (κ1) is 19.9. The summed E-state index contributed by atoms with van der Waals surface area (Å²) >= 11 is 0. The average Bonchev–Trinajstić information content (AvgIpc) is 3.15. The molecule has 0 aromatic carbocycles. The summed E-state index contributed by atoms with van der Waals surface area (Å²) in [5.74, 6) is 0.277. The van der Waals surface area contributed by atoms with Gasteiger partial charge in [0, 0.05) is 6.42 Å². The Morgan fingerprint density at radius 1 is 1.44 bits per heavy atom. The Kier molecular flexibility index (Phi) is 4.87. The maximum atomic E-state index is 12.0. The number of anilines is 1. The van der Waals surface area contributed by atoms with Gasteiger partial charge in [0.05, 0.1) is 18.5 Å². The van der Waals surface area contributed by atoms with E-state index in [1.54, 1.807) is 6.33 Å². The molecule has 2 aromatic rings. The van der Waals surface area contributed by atoms with Crippen LogP contribution in [0.2, 0.25) is 13.1 Å². The number of aldehydes is 1. The lowest BCUT2D eigenvalue weighted by molar-refractivity contribution is -0.176. The molecule has 147 valence electrons. The third kappa shape index (κ3) is 3.16. The zero-order valence-corrected chi connectivity index (χ0v) is 17.3. The number of nitrogens with zero attached hydrogens (tertiary/aromatic N) is 4. The molecule has 1 fully saturated rings. The second kappa shape index (κ2) is 6.62. The molecule has 3 heterocycles. The molecule has 2 aromatic heterocycles. The highest BCUT2D eigenvalue weighted by Gasteiger charge is 2.60. The lowest BCUT2D eigenvalue weighted by atomic mass is 9.98. The van der Waals surface area contributed by atoms with Crippen LogP contribution in [0, 0.1) is 0 Å². The molecule has 1 aliphatic heterocycles. The van der Waals surface area contributed by atoms with Gasteiger partial charge < -0.3 is 20.3 Å². The highest BCUT2D eigenvalue weighted by atomic mass is 28.3. The second-order valence-corrected chi connectivity index (χ2v) is 10.9. The fourth-order valence-corrected chi connectivity index (χ4v) is 5.13. The normalized spacial score (nSPS) is 28.9. The molecule has 1 saturated heterocycles. The minimum absolute atomic E-state index is 0.277. The summed E-state index contributed by atoms with van der Waals surface area (Å²) in [6.07, 6.45) is 3.41. The predicted octanol–water partition coefficient (Wildman–Crippen LogP) is 0.889. The summed E-state index contributed by atoms with van der Waals surface area (Å²) in [5.41, 5.74) is 4.97. The summed E-state index contributed by atoms with van der Waals surface area (Å²) in [4.78, 5) is 24.7. The van der Waals surface area contributed by atoms with E-state index in [9.17, 15) is 9.90 Å². The number of aliphatic hydroxyl groups is 1. The number of fused-ring (bicyclic) bond motifs is 1. The van der Waals surface area contributed by atoms with Crippen LogP contribution in [0.1, 0.15) is 27.2 Å². The van der Waals surface area contributed by atoms with E-state index in [-0.39, 0.29) is 5.82 Å². The van der Waals surface area contributed by atoms with E-state index >= 15 is 0 Å². The number of carbonyl (C=O) groups is 1. The van der Waals surface area contributed by atoms with Crippen molar-refractivity contribution >= 4 is 32.1 Å². The van der Waals surface area contributed by atoms with Gasteiger partial charge in [-0.3, -0.25) is 9.36 Å². The van der Waals surface area contributed by atoms with E-state index in [4.69, 9.17) is 15.2 Å².